The predicted octanol–water partition coefficient (Wildman–Crippen LogP) is 3.44. The van der Waals surface area contributed by atoms with E-state index in [-0.39, 0.29) is 35.5 Å². The quantitative estimate of drug-likeness (QED) is 0.561. The van der Waals surface area contributed by atoms with E-state index in [0.29, 0.717) is 25.1 Å². The molecule has 0 aromatic carbocycles. The summed E-state index contributed by atoms with van der Waals surface area (Å²) in [5, 5.41) is 11.8. The van der Waals surface area contributed by atoms with Crippen molar-refractivity contribution in [1.82, 2.24) is 15.1 Å². The molecule has 2 aliphatic rings. The first-order chi connectivity index (χ1) is 14.0. The van der Waals surface area contributed by atoms with Gasteiger partial charge < -0.3 is 5.32 Å². The van der Waals surface area contributed by atoms with E-state index in [4.69, 9.17) is 0 Å². The fourth-order valence-electron chi connectivity index (χ4n) is 4.06. The number of anilines is 1. The Kier molecular flexibility index (Phi) is 5.36. The van der Waals surface area contributed by atoms with Gasteiger partial charge in [-0.15, -0.1) is 11.3 Å². The Balaban J connectivity index is 1.54. The number of hydrogen-bond acceptors (Lipinski definition) is 5. The summed E-state index contributed by atoms with van der Waals surface area (Å²) in [5.74, 6) is -0.996. The molecule has 7 nitrogen and oxygen atoms in total. The van der Waals surface area contributed by atoms with Crippen LogP contribution in [0.4, 0.5) is 5.82 Å². The number of thiophene rings is 1. The molecule has 3 heterocycles. The van der Waals surface area contributed by atoms with Gasteiger partial charge >= 0.3 is 0 Å². The standard InChI is InChI=1S/C21H24N4O3S/c1-12(2)10-16(25-20(27)13-6-3-4-7-14(13)21(25)28)19(26)22-18-11-15(23-24-18)17-8-5-9-29-17/h3-5,8-9,11-14,16H,6-7,10H2,1-2H3,(H2,22,23,24,26). The van der Waals surface area contributed by atoms with Gasteiger partial charge in [0.1, 0.15) is 6.04 Å². The van der Waals surface area contributed by atoms with Gasteiger partial charge in [-0.1, -0.05) is 32.1 Å². The summed E-state index contributed by atoms with van der Waals surface area (Å²) in [5.41, 5.74) is 0.807. The predicted molar refractivity (Wildman–Crippen MR) is 111 cm³/mol. The fraction of sp³-hybridized carbons (Fsp3) is 0.429. The number of fused-ring (bicyclic) bond motifs is 1. The van der Waals surface area contributed by atoms with E-state index in [9.17, 15) is 14.4 Å². The molecule has 29 heavy (non-hydrogen) atoms. The number of aromatic amines is 1. The number of carbonyl (C=O) groups is 3. The fourth-order valence-corrected chi connectivity index (χ4v) is 4.76. The van der Waals surface area contributed by atoms with E-state index in [1.54, 1.807) is 17.4 Å². The third-order valence-electron chi connectivity index (χ3n) is 5.47. The second-order valence-electron chi connectivity index (χ2n) is 7.98. The first kappa shape index (κ1) is 19.6. The Morgan fingerprint density at radius 2 is 1.97 bits per heavy atom. The van der Waals surface area contributed by atoms with E-state index in [0.717, 1.165) is 10.6 Å². The lowest BCUT2D eigenvalue weighted by atomic mass is 9.85. The van der Waals surface area contributed by atoms with E-state index in [1.807, 2.05) is 43.5 Å². The second-order valence-corrected chi connectivity index (χ2v) is 8.93. The third-order valence-corrected chi connectivity index (χ3v) is 6.37. The van der Waals surface area contributed by atoms with Crippen molar-refractivity contribution in [3.8, 4) is 10.6 Å². The van der Waals surface area contributed by atoms with E-state index < -0.39 is 6.04 Å². The molecule has 152 valence electrons. The Hall–Kier alpha value is -2.74. The molecular weight excluding hydrogens is 388 g/mol. The molecule has 0 bridgehead atoms. The lowest BCUT2D eigenvalue weighted by Gasteiger charge is -2.27. The molecule has 0 saturated carbocycles. The summed E-state index contributed by atoms with van der Waals surface area (Å²) in [6.45, 7) is 3.95. The van der Waals surface area contributed by atoms with Crippen LogP contribution in [0.15, 0.2) is 35.7 Å². The van der Waals surface area contributed by atoms with Crippen LogP contribution in [0, 0.1) is 17.8 Å². The lowest BCUT2D eigenvalue weighted by molar-refractivity contribution is -0.147. The molecule has 3 unspecified atom stereocenters. The van der Waals surface area contributed by atoms with E-state index >= 15 is 0 Å². The van der Waals surface area contributed by atoms with Crippen LogP contribution in [0.5, 0.6) is 0 Å². The van der Waals surface area contributed by atoms with Crippen molar-refractivity contribution in [1.29, 1.82) is 0 Å². The molecule has 1 saturated heterocycles. The van der Waals surface area contributed by atoms with Gasteiger partial charge in [-0.25, -0.2) is 0 Å². The van der Waals surface area contributed by atoms with Crippen LogP contribution in [0.3, 0.4) is 0 Å². The number of allylic oxidation sites excluding steroid dienone is 2. The summed E-state index contributed by atoms with van der Waals surface area (Å²) in [4.78, 5) is 41.2. The van der Waals surface area contributed by atoms with Crippen LogP contribution in [0.1, 0.15) is 33.1 Å². The van der Waals surface area contributed by atoms with E-state index in [1.165, 1.54) is 4.90 Å². The maximum atomic E-state index is 13.1. The maximum absolute atomic E-state index is 13.1. The number of H-pyrrole nitrogens is 1. The summed E-state index contributed by atoms with van der Waals surface area (Å²) in [6, 6.07) is 4.83. The molecule has 2 N–H and O–H groups in total. The molecule has 1 aliphatic carbocycles. The molecule has 2 aromatic rings. The highest BCUT2D eigenvalue weighted by Gasteiger charge is 2.51. The van der Waals surface area contributed by atoms with Crippen LogP contribution in [-0.2, 0) is 14.4 Å². The highest BCUT2D eigenvalue weighted by atomic mass is 32.1. The smallest absolute Gasteiger partial charge is 0.248 e. The zero-order valence-corrected chi connectivity index (χ0v) is 17.2. The second kappa shape index (κ2) is 7.94. The van der Waals surface area contributed by atoms with Crippen LogP contribution in [0.25, 0.3) is 10.6 Å². The number of hydrogen-bond donors (Lipinski definition) is 2. The van der Waals surface area contributed by atoms with Crippen molar-refractivity contribution in [2.45, 2.75) is 39.2 Å². The van der Waals surface area contributed by atoms with Gasteiger partial charge in [0.2, 0.25) is 17.7 Å². The van der Waals surface area contributed by atoms with Gasteiger partial charge in [0.25, 0.3) is 0 Å². The van der Waals surface area contributed by atoms with Crippen molar-refractivity contribution in [2.24, 2.45) is 17.8 Å². The summed E-state index contributed by atoms with van der Waals surface area (Å²) in [6.07, 6.45) is 5.43. The number of nitrogens with one attached hydrogen (secondary N) is 2. The zero-order valence-electron chi connectivity index (χ0n) is 16.4. The number of rotatable bonds is 6. The SMILES string of the molecule is CC(C)CC(C(=O)Nc1cc(-c2cccs2)[nH]n1)N1C(=O)C2CC=CCC2C1=O. The van der Waals surface area contributed by atoms with Crippen LogP contribution >= 0.6 is 11.3 Å². The van der Waals surface area contributed by atoms with Crippen molar-refractivity contribution >= 4 is 34.9 Å². The molecule has 0 spiro atoms. The van der Waals surface area contributed by atoms with Gasteiger partial charge in [0, 0.05) is 6.07 Å². The molecule has 4 rings (SSSR count). The third kappa shape index (κ3) is 3.76. The van der Waals surface area contributed by atoms with Crippen molar-refractivity contribution in [2.75, 3.05) is 5.32 Å². The monoisotopic (exact) mass is 412 g/mol. The first-order valence-electron chi connectivity index (χ1n) is 9.87. The Labute approximate surface area is 173 Å². The Morgan fingerprint density at radius 1 is 1.28 bits per heavy atom. The summed E-state index contributed by atoms with van der Waals surface area (Å²) >= 11 is 1.57. The average Bonchev–Trinajstić information content (AvgIpc) is 3.42. The maximum Gasteiger partial charge on any atom is 0.248 e. The largest absolute Gasteiger partial charge is 0.307 e. The number of nitrogens with zero attached hydrogens (tertiary/aromatic N) is 2. The number of amides is 3. The van der Waals surface area contributed by atoms with Gasteiger partial charge in [-0.05, 0) is 36.6 Å². The topological polar surface area (TPSA) is 95.2 Å². The summed E-state index contributed by atoms with van der Waals surface area (Å²) < 4.78 is 0. The Bertz CT molecular complexity index is 921. The lowest BCUT2D eigenvalue weighted by Crippen LogP contribution is -2.48. The van der Waals surface area contributed by atoms with Crippen LogP contribution < -0.4 is 5.32 Å². The average molecular weight is 413 g/mol. The minimum Gasteiger partial charge on any atom is -0.307 e. The minimum absolute atomic E-state index is 0.146. The van der Waals surface area contributed by atoms with Crippen molar-refractivity contribution in [3.05, 3.63) is 35.7 Å². The molecule has 3 amide bonds. The molecule has 0 radical (unpaired) electrons. The molecule has 8 heteroatoms. The number of imide groups is 1. The highest BCUT2D eigenvalue weighted by Crippen LogP contribution is 2.37. The van der Waals surface area contributed by atoms with Crippen molar-refractivity contribution in [3.63, 3.8) is 0 Å². The van der Waals surface area contributed by atoms with Gasteiger partial charge in [-0.2, -0.15) is 5.10 Å². The van der Waals surface area contributed by atoms with Crippen LogP contribution in [-0.4, -0.2) is 38.9 Å². The molecule has 1 fully saturated rings. The van der Waals surface area contributed by atoms with Gasteiger partial charge in [0.05, 0.1) is 22.4 Å². The molecule has 1 aliphatic heterocycles. The molecule has 3 atom stereocenters. The van der Waals surface area contributed by atoms with Crippen molar-refractivity contribution < 1.29 is 14.4 Å². The Morgan fingerprint density at radius 3 is 2.55 bits per heavy atom. The zero-order chi connectivity index (χ0) is 20.5. The number of aromatic nitrogens is 2. The van der Waals surface area contributed by atoms with Crippen LogP contribution in [0.2, 0.25) is 0 Å². The number of likely N-dealkylation sites (tertiary alicyclic amines) is 1. The van der Waals surface area contributed by atoms with Gasteiger partial charge in [0.15, 0.2) is 5.82 Å². The number of carbonyl (C=O) groups excluding carboxylic acids is 3. The normalized spacial score (nSPS) is 22.2. The van der Waals surface area contributed by atoms with Gasteiger partial charge in [-0.3, -0.25) is 24.4 Å². The first-order valence-corrected chi connectivity index (χ1v) is 10.8. The minimum atomic E-state index is -0.831. The highest BCUT2D eigenvalue weighted by molar-refractivity contribution is 7.13. The molecular formula is C21H24N4O3S. The summed E-state index contributed by atoms with van der Waals surface area (Å²) in [7, 11) is 0. The van der Waals surface area contributed by atoms with E-state index in [2.05, 4.69) is 15.5 Å². The molecule has 2 aromatic heterocycles.